The highest BCUT2D eigenvalue weighted by Crippen LogP contribution is 2.23. The second-order valence-corrected chi connectivity index (χ2v) is 8.15. The largest absolute Gasteiger partial charge is 0.294 e. The molecule has 0 amide bonds. The molecule has 0 unspecified atom stereocenters. The fourth-order valence-electron chi connectivity index (χ4n) is 1.84. The molecule has 2 aromatic carbocycles. The molecule has 1 N–H and O–H groups in total. The lowest BCUT2D eigenvalue weighted by Gasteiger charge is -2.19. The zero-order valence-corrected chi connectivity index (χ0v) is 13.6. The first-order valence-corrected chi connectivity index (χ1v) is 9.13. The molecular weight excluding hydrogens is 326 g/mol. The number of benzene rings is 2. The third kappa shape index (κ3) is 3.29. The summed E-state index contributed by atoms with van der Waals surface area (Å²) >= 11 is 0. The fourth-order valence-corrected chi connectivity index (χ4v) is 3.51. The second kappa shape index (κ2) is 5.71. The minimum atomic E-state index is -4.31. The zero-order valence-electron chi connectivity index (χ0n) is 12.0. The molecule has 0 saturated heterocycles. The molecular formula is C14H15NO5S2. The Balaban J connectivity index is 2.38. The maximum Gasteiger partial charge on any atom is 0.294 e. The Morgan fingerprint density at radius 3 is 1.73 bits per heavy atom. The SMILES string of the molecule is Cc1ccc(S(=O)(=O)N(C)c2ccc(S(=O)(=O)O)cc2)cc1. The van der Waals surface area contributed by atoms with E-state index >= 15 is 0 Å². The van der Waals surface area contributed by atoms with Gasteiger partial charge in [-0.1, -0.05) is 17.7 Å². The Morgan fingerprint density at radius 2 is 1.27 bits per heavy atom. The molecule has 0 aromatic heterocycles. The van der Waals surface area contributed by atoms with Crippen LogP contribution in [0.2, 0.25) is 0 Å². The van der Waals surface area contributed by atoms with Crippen molar-refractivity contribution in [3.63, 3.8) is 0 Å². The lowest BCUT2D eigenvalue weighted by molar-refractivity contribution is 0.483. The van der Waals surface area contributed by atoms with Gasteiger partial charge in [0, 0.05) is 7.05 Å². The summed E-state index contributed by atoms with van der Waals surface area (Å²) in [5, 5.41) is 0. The van der Waals surface area contributed by atoms with Gasteiger partial charge in [-0.05, 0) is 43.3 Å². The lowest BCUT2D eigenvalue weighted by atomic mass is 10.2. The summed E-state index contributed by atoms with van der Waals surface area (Å²) < 4.78 is 56.9. The summed E-state index contributed by atoms with van der Waals surface area (Å²) in [5.41, 5.74) is 1.23. The maximum absolute atomic E-state index is 12.5. The molecule has 0 aliphatic heterocycles. The van der Waals surface area contributed by atoms with Crippen LogP contribution in [-0.2, 0) is 20.1 Å². The lowest BCUT2D eigenvalue weighted by Crippen LogP contribution is -2.26. The first-order chi connectivity index (χ1) is 10.1. The Hall–Kier alpha value is -1.90. The number of hydrogen-bond acceptors (Lipinski definition) is 4. The van der Waals surface area contributed by atoms with E-state index in [9.17, 15) is 16.8 Å². The van der Waals surface area contributed by atoms with Gasteiger partial charge in [0.2, 0.25) is 0 Å². The molecule has 0 aliphatic rings. The zero-order chi connectivity index (χ0) is 16.5. The minimum absolute atomic E-state index is 0.138. The molecule has 2 aromatic rings. The highest BCUT2D eigenvalue weighted by Gasteiger charge is 2.21. The van der Waals surface area contributed by atoms with E-state index in [2.05, 4.69) is 0 Å². The van der Waals surface area contributed by atoms with Crippen LogP contribution in [-0.4, -0.2) is 28.4 Å². The van der Waals surface area contributed by atoms with Crippen molar-refractivity contribution < 1.29 is 21.4 Å². The molecule has 22 heavy (non-hydrogen) atoms. The van der Waals surface area contributed by atoms with Gasteiger partial charge in [-0.3, -0.25) is 8.86 Å². The van der Waals surface area contributed by atoms with Gasteiger partial charge in [0.25, 0.3) is 20.1 Å². The molecule has 2 rings (SSSR count). The van der Waals surface area contributed by atoms with Crippen LogP contribution in [0.4, 0.5) is 5.69 Å². The van der Waals surface area contributed by atoms with Gasteiger partial charge < -0.3 is 0 Å². The van der Waals surface area contributed by atoms with E-state index in [-0.39, 0.29) is 15.5 Å². The molecule has 0 saturated carbocycles. The average Bonchev–Trinajstić information content (AvgIpc) is 2.46. The smallest absolute Gasteiger partial charge is 0.282 e. The normalized spacial score (nSPS) is 12.1. The predicted octanol–water partition coefficient (Wildman–Crippen LogP) is 2.07. The monoisotopic (exact) mass is 341 g/mol. The minimum Gasteiger partial charge on any atom is -0.282 e. The standard InChI is InChI=1S/C14H15NO5S2/c1-11-3-7-13(8-4-11)21(16,17)15(2)12-5-9-14(10-6-12)22(18,19)20/h3-10H,1-2H3,(H,18,19,20). The highest BCUT2D eigenvalue weighted by atomic mass is 32.2. The van der Waals surface area contributed by atoms with Gasteiger partial charge in [0.1, 0.15) is 0 Å². The van der Waals surface area contributed by atoms with Crippen LogP contribution in [0.1, 0.15) is 5.56 Å². The second-order valence-electron chi connectivity index (χ2n) is 4.75. The summed E-state index contributed by atoms with van der Waals surface area (Å²) in [6.45, 7) is 1.86. The third-order valence-electron chi connectivity index (χ3n) is 3.18. The van der Waals surface area contributed by atoms with Crippen molar-refractivity contribution in [2.45, 2.75) is 16.7 Å². The Morgan fingerprint density at radius 1 is 0.818 bits per heavy atom. The number of sulfonamides is 1. The van der Waals surface area contributed by atoms with Crippen molar-refractivity contribution in [1.82, 2.24) is 0 Å². The number of aryl methyl sites for hydroxylation is 1. The number of rotatable bonds is 4. The molecule has 0 bridgehead atoms. The molecule has 118 valence electrons. The first kappa shape index (κ1) is 16.5. The van der Waals surface area contributed by atoms with Crippen molar-refractivity contribution in [2.24, 2.45) is 0 Å². The van der Waals surface area contributed by atoms with Gasteiger partial charge in [0.05, 0.1) is 15.5 Å². The molecule has 6 nitrogen and oxygen atoms in total. The Kier molecular flexibility index (Phi) is 4.28. The van der Waals surface area contributed by atoms with Gasteiger partial charge >= 0.3 is 0 Å². The van der Waals surface area contributed by atoms with E-state index in [4.69, 9.17) is 4.55 Å². The molecule has 0 fully saturated rings. The van der Waals surface area contributed by atoms with Crippen LogP contribution < -0.4 is 4.31 Å². The number of anilines is 1. The van der Waals surface area contributed by atoms with Crippen molar-refractivity contribution in [2.75, 3.05) is 11.4 Å². The summed E-state index contributed by atoms with van der Waals surface area (Å²) in [6.07, 6.45) is 0. The van der Waals surface area contributed by atoms with Gasteiger partial charge in [-0.2, -0.15) is 8.42 Å². The van der Waals surface area contributed by atoms with Crippen molar-refractivity contribution in [3.05, 3.63) is 54.1 Å². The van der Waals surface area contributed by atoms with Gasteiger partial charge in [-0.15, -0.1) is 0 Å². The van der Waals surface area contributed by atoms with Crippen LogP contribution in [0.3, 0.4) is 0 Å². The van der Waals surface area contributed by atoms with Crippen molar-refractivity contribution >= 4 is 25.8 Å². The molecule has 0 heterocycles. The van der Waals surface area contributed by atoms with E-state index in [1.165, 1.54) is 31.3 Å². The quantitative estimate of drug-likeness (QED) is 0.860. The number of nitrogens with zero attached hydrogens (tertiary/aromatic N) is 1. The van der Waals surface area contributed by atoms with Crippen LogP contribution in [0.15, 0.2) is 58.3 Å². The topological polar surface area (TPSA) is 91.8 Å². The van der Waals surface area contributed by atoms with Crippen LogP contribution >= 0.6 is 0 Å². The summed E-state index contributed by atoms with van der Waals surface area (Å²) in [6, 6.07) is 11.3. The van der Waals surface area contributed by atoms with Crippen LogP contribution in [0.25, 0.3) is 0 Å². The number of hydrogen-bond donors (Lipinski definition) is 1. The molecule has 0 aliphatic carbocycles. The van der Waals surface area contributed by atoms with Crippen molar-refractivity contribution in [3.8, 4) is 0 Å². The first-order valence-electron chi connectivity index (χ1n) is 6.25. The molecule has 0 spiro atoms. The van der Waals surface area contributed by atoms with E-state index in [1.807, 2.05) is 6.92 Å². The Labute approximate surface area is 129 Å². The van der Waals surface area contributed by atoms with E-state index < -0.39 is 20.1 Å². The van der Waals surface area contributed by atoms with Crippen LogP contribution in [0.5, 0.6) is 0 Å². The third-order valence-corrected chi connectivity index (χ3v) is 5.85. The van der Waals surface area contributed by atoms with Crippen molar-refractivity contribution in [1.29, 1.82) is 0 Å². The average molecular weight is 341 g/mol. The fraction of sp³-hybridized carbons (Fsp3) is 0.143. The van der Waals surface area contributed by atoms with Crippen LogP contribution in [0, 0.1) is 6.92 Å². The Bertz CT molecular complexity index is 870. The maximum atomic E-state index is 12.5. The van der Waals surface area contributed by atoms with E-state index in [1.54, 1.807) is 12.1 Å². The predicted molar refractivity (Wildman–Crippen MR) is 83.0 cm³/mol. The van der Waals surface area contributed by atoms with E-state index in [0.29, 0.717) is 0 Å². The molecule has 0 radical (unpaired) electrons. The summed E-state index contributed by atoms with van der Waals surface area (Å²) in [5.74, 6) is 0. The van der Waals surface area contributed by atoms with Gasteiger partial charge in [-0.25, -0.2) is 8.42 Å². The van der Waals surface area contributed by atoms with E-state index in [0.717, 1.165) is 22.0 Å². The summed E-state index contributed by atoms with van der Waals surface area (Å²) in [7, 11) is -6.67. The van der Waals surface area contributed by atoms with Gasteiger partial charge in [0.15, 0.2) is 0 Å². The highest BCUT2D eigenvalue weighted by molar-refractivity contribution is 7.92. The summed E-state index contributed by atoms with van der Waals surface area (Å²) in [4.78, 5) is -0.156. The molecule has 8 heteroatoms. The molecule has 0 atom stereocenters.